The largest absolute Gasteiger partial charge is 0.339 e. The standard InChI is InChI=1S/C17H23F2N3O/c1-12(14-5-4-13(18)11-15(14)19)21-7-9-22(10-8-21)17(23)16-3-2-6-20-16/h4-5,11-12,16,20H,2-3,6-10H2,1H3/t12?,16-/m0/s1. The minimum atomic E-state index is -0.557. The minimum Gasteiger partial charge on any atom is -0.339 e. The Bertz CT molecular complexity index is 567. The molecule has 1 aromatic carbocycles. The van der Waals surface area contributed by atoms with Crippen molar-refractivity contribution in [1.29, 1.82) is 0 Å². The number of rotatable bonds is 3. The second-order valence-corrected chi connectivity index (χ2v) is 6.35. The van der Waals surface area contributed by atoms with E-state index >= 15 is 0 Å². The third kappa shape index (κ3) is 3.53. The Morgan fingerprint density at radius 2 is 2.00 bits per heavy atom. The van der Waals surface area contributed by atoms with E-state index in [1.165, 1.54) is 12.1 Å². The first-order valence-corrected chi connectivity index (χ1v) is 8.27. The fourth-order valence-corrected chi connectivity index (χ4v) is 3.48. The van der Waals surface area contributed by atoms with Crippen molar-refractivity contribution in [3.8, 4) is 0 Å². The summed E-state index contributed by atoms with van der Waals surface area (Å²) in [4.78, 5) is 16.4. The van der Waals surface area contributed by atoms with Gasteiger partial charge >= 0.3 is 0 Å². The van der Waals surface area contributed by atoms with Crippen molar-refractivity contribution in [1.82, 2.24) is 15.1 Å². The van der Waals surface area contributed by atoms with E-state index in [2.05, 4.69) is 10.2 Å². The van der Waals surface area contributed by atoms with E-state index in [0.717, 1.165) is 25.5 Å². The molecule has 0 aromatic heterocycles. The Kier molecular flexibility index (Phi) is 4.92. The van der Waals surface area contributed by atoms with Gasteiger partial charge in [-0.05, 0) is 32.4 Å². The highest BCUT2D eigenvalue weighted by atomic mass is 19.1. The number of amides is 1. The second-order valence-electron chi connectivity index (χ2n) is 6.35. The van der Waals surface area contributed by atoms with Crippen LogP contribution in [0.4, 0.5) is 8.78 Å². The lowest BCUT2D eigenvalue weighted by atomic mass is 10.0. The van der Waals surface area contributed by atoms with Gasteiger partial charge in [0.2, 0.25) is 5.91 Å². The van der Waals surface area contributed by atoms with Crippen LogP contribution in [0, 0.1) is 11.6 Å². The quantitative estimate of drug-likeness (QED) is 0.923. The number of benzene rings is 1. The van der Waals surface area contributed by atoms with Crippen LogP contribution in [0.25, 0.3) is 0 Å². The Balaban J connectivity index is 1.58. The number of nitrogens with one attached hydrogen (secondary N) is 1. The summed E-state index contributed by atoms with van der Waals surface area (Å²) in [5.74, 6) is -0.883. The molecular formula is C17H23F2N3O. The Hall–Kier alpha value is -1.53. The summed E-state index contributed by atoms with van der Waals surface area (Å²) < 4.78 is 27.0. The van der Waals surface area contributed by atoms with E-state index in [-0.39, 0.29) is 18.0 Å². The predicted molar refractivity (Wildman–Crippen MR) is 84.0 cm³/mol. The maximum atomic E-state index is 13.9. The van der Waals surface area contributed by atoms with Crippen LogP contribution in [0.3, 0.4) is 0 Å². The monoisotopic (exact) mass is 323 g/mol. The van der Waals surface area contributed by atoms with Gasteiger partial charge in [-0.25, -0.2) is 8.78 Å². The SMILES string of the molecule is CC(c1ccc(F)cc1F)N1CCN(C(=O)[C@@H]2CCCN2)CC1. The molecule has 1 aromatic rings. The summed E-state index contributed by atoms with van der Waals surface area (Å²) >= 11 is 0. The van der Waals surface area contributed by atoms with E-state index in [1.807, 2.05) is 11.8 Å². The van der Waals surface area contributed by atoms with Crippen LogP contribution in [0.5, 0.6) is 0 Å². The van der Waals surface area contributed by atoms with Gasteiger partial charge in [0.25, 0.3) is 0 Å². The summed E-state index contributed by atoms with van der Waals surface area (Å²) in [5, 5.41) is 3.24. The van der Waals surface area contributed by atoms with Crippen molar-refractivity contribution in [2.24, 2.45) is 0 Å². The zero-order valence-electron chi connectivity index (χ0n) is 13.4. The van der Waals surface area contributed by atoms with Crippen molar-refractivity contribution in [3.05, 3.63) is 35.4 Å². The molecule has 1 amide bonds. The van der Waals surface area contributed by atoms with Gasteiger partial charge in [0.1, 0.15) is 11.6 Å². The van der Waals surface area contributed by atoms with Crippen molar-refractivity contribution >= 4 is 5.91 Å². The molecule has 2 aliphatic rings. The first-order chi connectivity index (χ1) is 11.1. The molecule has 126 valence electrons. The summed E-state index contributed by atoms with van der Waals surface area (Å²) in [5.41, 5.74) is 0.503. The molecule has 2 heterocycles. The number of halogens is 2. The summed E-state index contributed by atoms with van der Waals surface area (Å²) in [6.07, 6.45) is 1.97. The molecule has 2 aliphatic heterocycles. The maximum absolute atomic E-state index is 13.9. The zero-order valence-corrected chi connectivity index (χ0v) is 13.4. The number of carbonyl (C=O) groups is 1. The Morgan fingerprint density at radius 1 is 1.26 bits per heavy atom. The summed E-state index contributed by atoms with van der Waals surface area (Å²) in [6.45, 7) is 5.56. The van der Waals surface area contributed by atoms with Gasteiger partial charge in [-0.2, -0.15) is 0 Å². The van der Waals surface area contributed by atoms with E-state index < -0.39 is 11.6 Å². The number of piperazine rings is 1. The highest BCUT2D eigenvalue weighted by molar-refractivity contribution is 5.82. The molecule has 2 atom stereocenters. The molecule has 6 heteroatoms. The predicted octanol–water partition coefficient (Wildman–Crippen LogP) is 1.92. The van der Waals surface area contributed by atoms with Crippen LogP contribution in [0.1, 0.15) is 31.4 Å². The number of hydrogen-bond acceptors (Lipinski definition) is 3. The van der Waals surface area contributed by atoms with Gasteiger partial charge in [-0.3, -0.25) is 9.69 Å². The van der Waals surface area contributed by atoms with E-state index in [0.29, 0.717) is 31.7 Å². The van der Waals surface area contributed by atoms with Crippen molar-refractivity contribution in [2.45, 2.75) is 31.8 Å². The van der Waals surface area contributed by atoms with Crippen LogP contribution >= 0.6 is 0 Å². The highest BCUT2D eigenvalue weighted by Gasteiger charge is 2.30. The molecule has 2 saturated heterocycles. The van der Waals surface area contributed by atoms with Crippen LogP contribution in [0.15, 0.2) is 18.2 Å². The zero-order chi connectivity index (χ0) is 16.4. The van der Waals surface area contributed by atoms with Gasteiger partial charge in [0.05, 0.1) is 6.04 Å². The van der Waals surface area contributed by atoms with Crippen molar-refractivity contribution < 1.29 is 13.6 Å². The first kappa shape index (κ1) is 16.3. The fourth-order valence-electron chi connectivity index (χ4n) is 3.48. The molecule has 0 radical (unpaired) electrons. The number of hydrogen-bond donors (Lipinski definition) is 1. The molecule has 23 heavy (non-hydrogen) atoms. The third-order valence-electron chi connectivity index (χ3n) is 4.94. The molecule has 1 N–H and O–H groups in total. The number of nitrogens with zero attached hydrogens (tertiary/aromatic N) is 2. The van der Waals surface area contributed by atoms with Crippen molar-refractivity contribution in [2.75, 3.05) is 32.7 Å². The highest BCUT2D eigenvalue weighted by Crippen LogP contribution is 2.25. The lowest BCUT2D eigenvalue weighted by Gasteiger charge is -2.39. The molecule has 0 spiro atoms. The van der Waals surface area contributed by atoms with E-state index in [9.17, 15) is 13.6 Å². The maximum Gasteiger partial charge on any atom is 0.239 e. The van der Waals surface area contributed by atoms with Crippen LogP contribution in [-0.4, -0.2) is 54.5 Å². The Morgan fingerprint density at radius 3 is 2.61 bits per heavy atom. The molecule has 0 aliphatic carbocycles. The van der Waals surface area contributed by atoms with Crippen molar-refractivity contribution in [3.63, 3.8) is 0 Å². The van der Waals surface area contributed by atoms with E-state index in [1.54, 1.807) is 0 Å². The molecule has 2 fully saturated rings. The first-order valence-electron chi connectivity index (χ1n) is 8.27. The topological polar surface area (TPSA) is 35.6 Å². The van der Waals surface area contributed by atoms with Gasteiger partial charge in [0.15, 0.2) is 0 Å². The lowest BCUT2D eigenvalue weighted by molar-refractivity contribution is -0.135. The minimum absolute atomic E-state index is 0.0338. The van der Waals surface area contributed by atoms with Crippen LogP contribution < -0.4 is 5.32 Å². The average molecular weight is 323 g/mol. The van der Waals surface area contributed by atoms with Gasteiger partial charge in [0, 0.05) is 43.9 Å². The normalized spacial score (nSPS) is 24.0. The fraction of sp³-hybridized carbons (Fsp3) is 0.588. The molecule has 4 nitrogen and oxygen atoms in total. The molecule has 0 saturated carbocycles. The van der Waals surface area contributed by atoms with E-state index in [4.69, 9.17) is 0 Å². The average Bonchev–Trinajstić information content (AvgIpc) is 3.08. The van der Waals surface area contributed by atoms with Gasteiger partial charge < -0.3 is 10.2 Å². The third-order valence-corrected chi connectivity index (χ3v) is 4.94. The Labute approximate surface area is 135 Å². The number of carbonyl (C=O) groups excluding carboxylic acids is 1. The lowest BCUT2D eigenvalue weighted by Crippen LogP contribution is -2.53. The van der Waals surface area contributed by atoms with Gasteiger partial charge in [-0.1, -0.05) is 6.07 Å². The van der Waals surface area contributed by atoms with Gasteiger partial charge in [-0.15, -0.1) is 0 Å². The molecular weight excluding hydrogens is 300 g/mol. The second kappa shape index (κ2) is 6.93. The molecule has 0 bridgehead atoms. The summed E-state index contributed by atoms with van der Waals surface area (Å²) in [6, 6.07) is 3.57. The van der Waals surface area contributed by atoms with Crippen LogP contribution in [-0.2, 0) is 4.79 Å². The van der Waals surface area contributed by atoms with Crippen LogP contribution in [0.2, 0.25) is 0 Å². The smallest absolute Gasteiger partial charge is 0.239 e. The molecule has 3 rings (SSSR count). The molecule has 1 unspecified atom stereocenters. The summed E-state index contributed by atoms with van der Waals surface area (Å²) in [7, 11) is 0.